The first-order valence-corrected chi connectivity index (χ1v) is 12.4. The van der Waals surface area contributed by atoms with Gasteiger partial charge in [0.1, 0.15) is 5.82 Å². The predicted octanol–water partition coefficient (Wildman–Crippen LogP) is 3.11. The van der Waals surface area contributed by atoms with Crippen molar-refractivity contribution in [3.63, 3.8) is 0 Å². The van der Waals surface area contributed by atoms with Crippen molar-refractivity contribution in [1.29, 1.82) is 0 Å². The normalized spacial score (nSPS) is 19.3. The molecule has 10 heteroatoms. The number of carbonyl (C=O) groups is 2. The number of carbonyl (C=O) groups excluding carboxylic acids is 2. The molecule has 2 aromatic carbocycles. The van der Waals surface area contributed by atoms with E-state index in [4.69, 9.17) is 11.6 Å². The van der Waals surface area contributed by atoms with E-state index in [0.717, 1.165) is 30.2 Å². The van der Waals surface area contributed by atoms with Gasteiger partial charge in [0.05, 0.1) is 17.5 Å². The molecule has 2 aromatic rings. The molecule has 0 unspecified atom stereocenters. The summed E-state index contributed by atoms with van der Waals surface area (Å²) in [5.74, 6) is -1.50. The van der Waals surface area contributed by atoms with Crippen molar-refractivity contribution in [1.82, 2.24) is 10.2 Å². The van der Waals surface area contributed by atoms with Gasteiger partial charge in [0.25, 0.3) is 5.91 Å². The molecule has 32 heavy (non-hydrogen) atoms. The third-order valence-electron chi connectivity index (χ3n) is 5.81. The van der Waals surface area contributed by atoms with Gasteiger partial charge in [-0.3, -0.25) is 14.5 Å². The smallest absolute Gasteiger partial charge is 0.251 e. The minimum atomic E-state index is -3.66. The molecule has 4 rings (SSSR count). The minimum absolute atomic E-state index is 0.0545. The van der Waals surface area contributed by atoms with Crippen molar-refractivity contribution in [3.05, 3.63) is 64.4 Å². The first-order chi connectivity index (χ1) is 15.3. The fourth-order valence-electron chi connectivity index (χ4n) is 4.20. The van der Waals surface area contributed by atoms with Gasteiger partial charge in [0.15, 0.2) is 0 Å². The molecule has 0 bridgehead atoms. The zero-order chi connectivity index (χ0) is 22.9. The number of halogens is 2. The molecule has 0 saturated carbocycles. The molecule has 2 aliphatic heterocycles. The van der Waals surface area contributed by atoms with E-state index < -0.39 is 27.8 Å². The fraction of sp³-hybridized carbons (Fsp3) is 0.364. The topological polar surface area (TPSA) is 86.8 Å². The fourth-order valence-corrected chi connectivity index (χ4v) is 5.95. The lowest BCUT2D eigenvalue weighted by atomic mass is 10.0. The highest BCUT2D eigenvalue weighted by Gasteiger charge is 2.36. The van der Waals surface area contributed by atoms with Gasteiger partial charge in [-0.1, -0.05) is 17.7 Å². The molecule has 7 nitrogen and oxygen atoms in total. The van der Waals surface area contributed by atoms with Gasteiger partial charge in [-0.05, 0) is 62.3 Å². The van der Waals surface area contributed by atoms with Gasteiger partial charge in [0, 0.05) is 29.1 Å². The SMILES string of the molecule is O=C(NC[C@H](c1c(F)cccc1Cl)N1CCCC1)c1ccc(N2C(=O)CCS2(=O)=O)cc1. The summed E-state index contributed by atoms with van der Waals surface area (Å²) >= 11 is 6.29. The van der Waals surface area contributed by atoms with Gasteiger partial charge in [-0.2, -0.15) is 0 Å². The highest BCUT2D eigenvalue weighted by molar-refractivity contribution is 7.94. The third-order valence-corrected chi connectivity index (χ3v) is 7.83. The van der Waals surface area contributed by atoms with E-state index in [1.165, 1.54) is 30.3 Å². The molecule has 2 heterocycles. The first-order valence-electron chi connectivity index (χ1n) is 10.4. The Morgan fingerprint density at radius 3 is 2.41 bits per heavy atom. The van der Waals surface area contributed by atoms with Gasteiger partial charge < -0.3 is 5.32 Å². The number of rotatable bonds is 6. The molecule has 2 fully saturated rings. The summed E-state index contributed by atoms with van der Waals surface area (Å²) in [6.07, 6.45) is 1.94. The minimum Gasteiger partial charge on any atom is -0.350 e. The number of likely N-dealkylation sites (tertiary alicyclic amines) is 1. The van der Waals surface area contributed by atoms with E-state index in [1.807, 2.05) is 0 Å². The average Bonchev–Trinajstić information content (AvgIpc) is 3.38. The van der Waals surface area contributed by atoms with E-state index in [-0.39, 0.29) is 30.3 Å². The summed E-state index contributed by atoms with van der Waals surface area (Å²) in [4.78, 5) is 26.8. The van der Waals surface area contributed by atoms with Crippen molar-refractivity contribution in [2.24, 2.45) is 0 Å². The second-order valence-corrected chi connectivity index (χ2v) is 10.2. The highest BCUT2D eigenvalue weighted by atomic mass is 35.5. The Bertz CT molecular complexity index is 1110. The van der Waals surface area contributed by atoms with Crippen LogP contribution in [0.4, 0.5) is 10.1 Å². The summed E-state index contributed by atoms with van der Waals surface area (Å²) in [6.45, 7) is 1.75. The number of benzene rings is 2. The average molecular weight is 480 g/mol. The maximum Gasteiger partial charge on any atom is 0.251 e. The summed E-state index contributed by atoms with van der Waals surface area (Å²) < 4.78 is 39.5. The van der Waals surface area contributed by atoms with E-state index in [9.17, 15) is 22.4 Å². The molecule has 0 aliphatic carbocycles. The number of hydrogen-bond acceptors (Lipinski definition) is 5. The Morgan fingerprint density at radius 2 is 1.81 bits per heavy atom. The standard InChI is InChI=1S/C22H23ClFN3O4S/c23-17-4-3-5-18(24)21(17)19(26-11-1-2-12-26)14-25-22(29)15-6-8-16(9-7-15)27-20(28)10-13-32(27,30)31/h3-9,19H,1-2,10-14H2,(H,25,29)/t19-/m1/s1. The van der Waals surface area contributed by atoms with Gasteiger partial charge in [-0.25, -0.2) is 17.1 Å². The monoisotopic (exact) mass is 479 g/mol. The molecule has 170 valence electrons. The molecule has 0 aromatic heterocycles. The van der Waals surface area contributed by atoms with Crippen LogP contribution in [-0.4, -0.2) is 50.5 Å². The Balaban J connectivity index is 1.49. The first kappa shape index (κ1) is 22.7. The Kier molecular flexibility index (Phi) is 6.50. The number of hydrogen-bond donors (Lipinski definition) is 1. The van der Waals surface area contributed by atoms with Gasteiger partial charge >= 0.3 is 0 Å². The van der Waals surface area contributed by atoms with Gasteiger partial charge in [0.2, 0.25) is 15.9 Å². The molecule has 0 spiro atoms. The summed E-state index contributed by atoms with van der Waals surface area (Å²) in [7, 11) is -3.66. The largest absolute Gasteiger partial charge is 0.350 e. The maximum atomic E-state index is 14.6. The Hall–Kier alpha value is -2.49. The van der Waals surface area contributed by atoms with Crippen LogP contribution in [-0.2, 0) is 14.8 Å². The second kappa shape index (κ2) is 9.17. The van der Waals surface area contributed by atoms with Crippen molar-refractivity contribution in [2.45, 2.75) is 25.3 Å². The zero-order valence-electron chi connectivity index (χ0n) is 17.3. The summed E-state index contributed by atoms with van der Waals surface area (Å²) in [6, 6.07) is 9.94. The van der Waals surface area contributed by atoms with Crippen LogP contribution in [0.5, 0.6) is 0 Å². The molecule has 2 saturated heterocycles. The van der Waals surface area contributed by atoms with Crippen LogP contribution < -0.4 is 9.62 Å². The van der Waals surface area contributed by atoms with Crippen molar-refractivity contribution in [3.8, 4) is 0 Å². The molecule has 2 amide bonds. The zero-order valence-corrected chi connectivity index (χ0v) is 18.8. The van der Waals surface area contributed by atoms with Crippen molar-refractivity contribution >= 4 is 39.1 Å². The molecule has 2 aliphatic rings. The van der Waals surface area contributed by atoms with E-state index in [0.29, 0.717) is 16.1 Å². The van der Waals surface area contributed by atoms with E-state index >= 15 is 0 Å². The van der Waals surface area contributed by atoms with Crippen LogP contribution in [0, 0.1) is 5.82 Å². The summed E-state index contributed by atoms with van der Waals surface area (Å²) in [5, 5.41) is 3.15. The number of anilines is 1. The molecule has 0 radical (unpaired) electrons. The number of nitrogens with zero attached hydrogens (tertiary/aromatic N) is 2. The second-order valence-electron chi connectivity index (χ2n) is 7.88. The molecule has 1 N–H and O–H groups in total. The van der Waals surface area contributed by atoms with E-state index in [1.54, 1.807) is 12.1 Å². The van der Waals surface area contributed by atoms with E-state index in [2.05, 4.69) is 10.2 Å². The lowest BCUT2D eigenvalue weighted by Crippen LogP contribution is -2.37. The molecule has 1 atom stereocenters. The lowest BCUT2D eigenvalue weighted by Gasteiger charge is -2.29. The van der Waals surface area contributed by atoms with Crippen LogP contribution in [0.25, 0.3) is 0 Å². The lowest BCUT2D eigenvalue weighted by molar-refractivity contribution is -0.116. The van der Waals surface area contributed by atoms with Crippen LogP contribution in [0.3, 0.4) is 0 Å². The molecular formula is C22H23ClFN3O4S. The number of sulfonamides is 1. The third kappa shape index (κ3) is 4.51. The van der Waals surface area contributed by atoms with Crippen LogP contribution in [0.1, 0.15) is 41.2 Å². The van der Waals surface area contributed by atoms with Crippen LogP contribution >= 0.6 is 11.6 Å². The van der Waals surface area contributed by atoms with Crippen molar-refractivity contribution in [2.75, 3.05) is 29.7 Å². The molecular weight excluding hydrogens is 457 g/mol. The van der Waals surface area contributed by atoms with Crippen LogP contribution in [0.2, 0.25) is 5.02 Å². The Morgan fingerprint density at radius 1 is 1.12 bits per heavy atom. The van der Waals surface area contributed by atoms with Crippen LogP contribution in [0.15, 0.2) is 42.5 Å². The number of nitrogens with one attached hydrogen (secondary N) is 1. The number of amides is 2. The Labute approximate surface area is 191 Å². The maximum absolute atomic E-state index is 14.6. The van der Waals surface area contributed by atoms with Gasteiger partial charge in [-0.15, -0.1) is 0 Å². The quantitative estimate of drug-likeness (QED) is 0.688. The predicted molar refractivity (Wildman–Crippen MR) is 120 cm³/mol. The summed E-state index contributed by atoms with van der Waals surface area (Å²) in [5.41, 5.74) is 0.874. The highest BCUT2D eigenvalue weighted by Crippen LogP contribution is 2.32. The van der Waals surface area contributed by atoms with Crippen molar-refractivity contribution < 1.29 is 22.4 Å².